The molecule has 88 valence electrons. The van der Waals surface area contributed by atoms with E-state index >= 15 is 0 Å². The molecule has 1 aromatic rings. The molecule has 0 fully saturated rings. The maximum absolute atomic E-state index is 11.0. The van der Waals surface area contributed by atoms with Crippen molar-refractivity contribution < 1.29 is 9.90 Å². The molecule has 1 unspecified atom stereocenters. The van der Waals surface area contributed by atoms with E-state index in [0.717, 1.165) is 12.8 Å². The minimum Gasteiger partial charge on any atom is -0.478 e. The molecule has 0 aliphatic heterocycles. The van der Waals surface area contributed by atoms with Crippen LogP contribution in [0.25, 0.3) is 0 Å². The summed E-state index contributed by atoms with van der Waals surface area (Å²) in [5.41, 5.74) is 0.192. The third-order valence-corrected chi connectivity index (χ3v) is 2.62. The van der Waals surface area contributed by atoms with Crippen LogP contribution in [0.15, 0.2) is 16.7 Å². The Morgan fingerprint density at radius 3 is 2.94 bits per heavy atom. The molecule has 1 rings (SSSR count). The number of carbonyl (C=O) groups is 1. The summed E-state index contributed by atoms with van der Waals surface area (Å²) in [4.78, 5) is 15.1. The number of aromatic carboxylic acids is 1. The summed E-state index contributed by atoms with van der Waals surface area (Å²) in [5, 5.41) is 12.1. The largest absolute Gasteiger partial charge is 0.478 e. The van der Waals surface area contributed by atoms with Crippen molar-refractivity contribution in [1.29, 1.82) is 0 Å². The van der Waals surface area contributed by atoms with Gasteiger partial charge in [-0.15, -0.1) is 0 Å². The number of nitrogens with zero attached hydrogens (tertiary/aromatic N) is 1. The predicted molar refractivity (Wildman–Crippen MR) is 66.9 cm³/mol. The van der Waals surface area contributed by atoms with E-state index in [4.69, 9.17) is 5.11 Å². The van der Waals surface area contributed by atoms with Gasteiger partial charge in [0.1, 0.15) is 11.4 Å². The van der Waals surface area contributed by atoms with Gasteiger partial charge in [0.2, 0.25) is 0 Å². The number of halogens is 1. The minimum absolute atomic E-state index is 0.192. The highest BCUT2D eigenvalue weighted by molar-refractivity contribution is 9.10. The first kappa shape index (κ1) is 13.0. The van der Waals surface area contributed by atoms with Gasteiger partial charge in [0.25, 0.3) is 0 Å². The van der Waals surface area contributed by atoms with Gasteiger partial charge in [0, 0.05) is 16.7 Å². The maximum atomic E-state index is 11.0. The van der Waals surface area contributed by atoms with Gasteiger partial charge >= 0.3 is 5.97 Å². The molecule has 1 aromatic heterocycles. The quantitative estimate of drug-likeness (QED) is 0.873. The molecule has 0 bridgehead atoms. The molecule has 0 amide bonds. The van der Waals surface area contributed by atoms with Gasteiger partial charge in [0.05, 0.1) is 0 Å². The third-order valence-electron chi connectivity index (χ3n) is 2.19. The van der Waals surface area contributed by atoms with E-state index in [-0.39, 0.29) is 11.6 Å². The van der Waals surface area contributed by atoms with Crippen LogP contribution in [0.5, 0.6) is 0 Å². The number of anilines is 1. The van der Waals surface area contributed by atoms with Crippen LogP contribution in [0, 0.1) is 0 Å². The Kier molecular flexibility index (Phi) is 4.73. The lowest BCUT2D eigenvalue weighted by atomic mass is 10.2. The molecular formula is C11H15BrN2O2. The fourth-order valence-corrected chi connectivity index (χ4v) is 1.79. The lowest BCUT2D eigenvalue weighted by Gasteiger charge is -2.15. The van der Waals surface area contributed by atoms with Crippen LogP contribution in [0.4, 0.5) is 5.82 Å². The number of hydrogen-bond donors (Lipinski definition) is 2. The van der Waals surface area contributed by atoms with Crippen LogP contribution >= 0.6 is 15.9 Å². The zero-order valence-electron chi connectivity index (χ0n) is 9.33. The molecule has 5 heteroatoms. The summed E-state index contributed by atoms with van der Waals surface area (Å²) in [6, 6.07) is 1.77. The van der Waals surface area contributed by atoms with Crippen LogP contribution < -0.4 is 5.32 Å². The molecule has 2 N–H and O–H groups in total. The molecule has 1 atom stereocenters. The third kappa shape index (κ3) is 3.48. The van der Waals surface area contributed by atoms with E-state index in [1.54, 1.807) is 12.3 Å². The normalized spacial score (nSPS) is 12.2. The predicted octanol–water partition coefficient (Wildman–Crippen LogP) is 3.14. The van der Waals surface area contributed by atoms with E-state index in [1.165, 1.54) is 0 Å². The fourth-order valence-electron chi connectivity index (χ4n) is 1.46. The summed E-state index contributed by atoms with van der Waals surface area (Å²) in [6.07, 6.45) is 3.62. The Balaban J connectivity index is 2.90. The summed E-state index contributed by atoms with van der Waals surface area (Å²) in [6.45, 7) is 4.10. The Labute approximate surface area is 103 Å². The van der Waals surface area contributed by atoms with Gasteiger partial charge in [-0.25, -0.2) is 9.78 Å². The smallest absolute Gasteiger partial charge is 0.339 e. The van der Waals surface area contributed by atoms with Crippen molar-refractivity contribution >= 4 is 27.7 Å². The van der Waals surface area contributed by atoms with E-state index in [1.807, 2.05) is 6.92 Å². The first-order chi connectivity index (χ1) is 7.54. The van der Waals surface area contributed by atoms with Crippen molar-refractivity contribution in [3.05, 3.63) is 22.3 Å². The highest BCUT2D eigenvalue weighted by atomic mass is 79.9. The van der Waals surface area contributed by atoms with Crippen LogP contribution in [-0.2, 0) is 0 Å². The summed E-state index contributed by atoms with van der Waals surface area (Å²) in [5.74, 6) is -0.545. The van der Waals surface area contributed by atoms with Gasteiger partial charge in [0.15, 0.2) is 0 Å². The van der Waals surface area contributed by atoms with E-state index < -0.39 is 5.97 Å². The number of pyridine rings is 1. The minimum atomic E-state index is -0.972. The van der Waals surface area contributed by atoms with Crippen molar-refractivity contribution in [2.75, 3.05) is 5.32 Å². The summed E-state index contributed by atoms with van der Waals surface area (Å²) < 4.78 is 0.665. The molecule has 0 aliphatic carbocycles. The second-order valence-corrected chi connectivity index (χ2v) is 4.60. The van der Waals surface area contributed by atoms with Crippen molar-refractivity contribution in [3.63, 3.8) is 0 Å². The number of carboxylic acids is 1. The Morgan fingerprint density at radius 1 is 1.69 bits per heavy atom. The zero-order chi connectivity index (χ0) is 12.1. The second kappa shape index (κ2) is 5.84. The van der Waals surface area contributed by atoms with E-state index in [9.17, 15) is 4.79 Å². The molecule has 0 radical (unpaired) electrons. The van der Waals surface area contributed by atoms with Gasteiger partial charge in [-0.1, -0.05) is 13.3 Å². The van der Waals surface area contributed by atoms with Gasteiger partial charge < -0.3 is 10.4 Å². The zero-order valence-corrected chi connectivity index (χ0v) is 10.9. The number of nitrogens with one attached hydrogen (secondary N) is 1. The van der Waals surface area contributed by atoms with Gasteiger partial charge in [-0.3, -0.25) is 0 Å². The molecule has 0 aliphatic rings. The average molecular weight is 287 g/mol. The number of carboxylic acid groups (broad SMARTS) is 1. The molecule has 0 saturated heterocycles. The summed E-state index contributed by atoms with van der Waals surface area (Å²) >= 11 is 3.21. The van der Waals surface area contributed by atoms with Crippen LogP contribution in [0.2, 0.25) is 0 Å². The Hall–Kier alpha value is -1.10. The average Bonchev–Trinajstić information content (AvgIpc) is 2.20. The molecule has 16 heavy (non-hydrogen) atoms. The van der Waals surface area contributed by atoms with Crippen LogP contribution in [0.1, 0.15) is 37.0 Å². The van der Waals surface area contributed by atoms with Crippen LogP contribution in [0.3, 0.4) is 0 Å². The Bertz CT molecular complexity index is 382. The van der Waals surface area contributed by atoms with E-state index in [0.29, 0.717) is 10.3 Å². The molecule has 0 aromatic carbocycles. The molecule has 0 spiro atoms. The lowest BCUT2D eigenvalue weighted by molar-refractivity contribution is 0.0697. The second-order valence-electron chi connectivity index (χ2n) is 3.69. The highest BCUT2D eigenvalue weighted by Crippen LogP contribution is 2.19. The van der Waals surface area contributed by atoms with Crippen molar-refractivity contribution in [1.82, 2.24) is 4.98 Å². The SMILES string of the molecule is CCCC(C)Nc1ncc(Br)cc1C(=O)O. The molecule has 1 heterocycles. The molecule has 0 saturated carbocycles. The van der Waals surface area contributed by atoms with Crippen molar-refractivity contribution in [2.24, 2.45) is 0 Å². The molecule has 4 nitrogen and oxygen atoms in total. The van der Waals surface area contributed by atoms with Gasteiger partial charge in [-0.05, 0) is 35.3 Å². The number of aromatic nitrogens is 1. The first-order valence-electron chi connectivity index (χ1n) is 5.20. The standard InChI is InChI=1S/C11H15BrN2O2/c1-3-4-7(2)14-10-9(11(15)16)5-8(12)6-13-10/h5-7H,3-4H2,1-2H3,(H,13,14)(H,15,16). The highest BCUT2D eigenvalue weighted by Gasteiger charge is 2.13. The molecular weight excluding hydrogens is 272 g/mol. The van der Waals surface area contributed by atoms with Crippen LogP contribution in [-0.4, -0.2) is 22.1 Å². The number of rotatable bonds is 5. The lowest BCUT2D eigenvalue weighted by Crippen LogP contribution is -2.18. The monoisotopic (exact) mass is 286 g/mol. The number of hydrogen-bond acceptors (Lipinski definition) is 3. The van der Waals surface area contributed by atoms with Crippen molar-refractivity contribution in [3.8, 4) is 0 Å². The maximum Gasteiger partial charge on any atom is 0.339 e. The Morgan fingerprint density at radius 2 is 2.38 bits per heavy atom. The first-order valence-corrected chi connectivity index (χ1v) is 5.99. The van der Waals surface area contributed by atoms with Crippen molar-refractivity contribution in [2.45, 2.75) is 32.7 Å². The topological polar surface area (TPSA) is 62.2 Å². The van der Waals surface area contributed by atoms with E-state index in [2.05, 4.69) is 33.2 Å². The summed E-state index contributed by atoms with van der Waals surface area (Å²) in [7, 11) is 0. The van der Waals surface area contributed by atoms with Gasteiger partial charge in [-0.2, -0.15) is 0 Å². The fraction of sp³-hybridized carbons (Fsp3) is 0.455.